The molecule has 1 fully saturated rings. The summed E-state index contributed by atoms with van der Waals surface area (Å²) in [7, 11) is 0. The number of carbonyl (C=O) groups excluding carboxylic acids is 1. The highest BCUT2D eigenvalue weighted by Gasteiger charge is 2.42. The Morgan fingerprint density at radius 1 is 1.45 bits per heavy atom. The van der Waals surface area contributed by atoms with Crippen LogP contribution in [-0.4, -0.2) is 24.4 Å². The molecule has 2 atom stereocenters. The average molecular weight is 290 g/mol. The van der Waals surface area contributed by atoms with Crippen LogP contribution in [0.5, 0.6) is 0 Å². The van der Waals surface area contributed by atoms with Gasteiger partial charge in [-0.3, -0.25) is 10.1 Å². The molecule has 0 aliphatic carbocycles. The summed E-state index contributed by atoms with van der Waals surface area (Å²) in [6.45, 7) is 0.950. The zero-order chi connectivity index (χ0) is 14.9. The molecule has 2 N–H and O–H groups in total. The van der Waals surface area contributed by atoms with Crippen LogP contribution >= 0.6 is 0 Å². The van der Waals surface area contributed by atoms with Crippen LogP contribution in [0.15, 0.2) is 18.2 Å². The van der Waals surface area contributed by atoms with Crippen molar-refractivity contribution >= 4 is 5.91 Å². The van der Waals surface area contributed by atoms with Gasteiger partial charge in [-0.15, -0.1) is 0 Å². The van der Waals surface area contributed by atoms with Crippen LogP contribution in [0, 0.1) is 11.6 Å². The molecule has 20 heavy (non-hydrogen) atoms. The van der Waals surface area contributed by atoms with Gasteiger partial charge in [0.1, 0.15) is 11.6 Å². The number of hydrogen-bond donors (Lipinski definition) is 2. The summed E-state index contributed by atoms with van der Waals surface area (Å²) >= 11 is 0. The molecular formula is C13H14F4N2O. The molecule has 1 aromatic carbocycles. The van der Waals surface area contributed by atoms with Crippen molar-refractivity contribution < 1.29 is 22.4 Å². The Hall–Kier alpha value is -1.63. The van der Waals surface area contributed by atoms with Crippen molar-refractivity contribution in [2.45, 2.75) is 31.4 Å². The molecule has 1 amide bonds. The van der Waals surface area contributed by atoms with Gasteiger partial charge in [-0.1, -0.05) is 6.07 Å². The molecule has 1 saturated heterocycles. The molecule has 0 bridgehead atoms. The van der Waals surface area contributed by atoms with Crippen LogP contribution in [0.25, 0.3) is 0 Å². The van der Waals surface area contributed by atoms with Crippen LogP contribution in [0.1, 0.15) is 24.9 Å². The number of carbonyl (C=O) groups is 1. The van der Waals surface area contributed by atoms with Crippen molar-refractivity contribution in [1.29, 1.82) is 0 Å². The first-order valence-corrected chi connectivity index (χ1v) is 6.15. The molecule has 3 nitrogen and oxygen atoms in total. The van der Waals surface area contributed by atoms with E-state index in [-0.39, 0.29) is 5.56 Å². The van der Waals surface area contributed by atoms with Gasteiger partial charge in [-0.2, -0.15) is 0 Å². The number of nitrogens with one attached hydrogen (secondary N) is 2. The Bertz CT molecular complexity index is 521. The highest BCUT2D eigenvalue weighted by molar-refractivity contribution is 5.82. The Kier molecular flexibility index (Phi) is 3.99. The van der Waals surface area contributed by atoms with Crippen LogP contribution in [-0.2, 0) is 4.79 Å². The van der Waals surface area contributed by atoms with E-state index in [1.54, 1.807) is 0 Å². The molecule has 1 heterocycles. The minimum atomic E-state index is -2.91. The number of amides is 1. The predicted molar refractivity (Wildman–Crippen MR) is 64.3 cm³/mol. The SMILES string of the molecule is CC(NC(=O)C1CC(F)(F)CN1)c1ccc(F)cc1F. The zero-order valence-corrected chi connectivity index (χ0v) is 10.7. The molecule has 1 aromatic rings. The lowest BCUT2D eigenvalue weighted by molar-refractivity contribution is -0.124. The molecule has 0 aromatic heterocycles. The van der Waals surface area contributed by atoms with Crippen LogP contribution in [0.2, 0.25) is 0 Å². The molecule has 2 rings (SSSR count). The Labute approximate surface area is 113 Å². The van der Waals surface area contributed by atoms with Crippen molar-refractivity contribution in [2.75, 3.05) is 6.54 Å². The number of halogens is 4. The molecule has 110 valence electrons. The number of rotatable bonds is 3. The highest BCUT2D eigenvalue weighted by atomic mass is 19.3. The second-order valence-electron chi connectivity index (χ2n) is 4.89. The summed E-state index contributed by atoms with van der Waals surface area (Å²) in [6, 6.07) is 1.25. The quantitative estimate of drug-likeness (QED) is 0.837. The first kappa shape index (κ1) is 14.8. The predicted octanol–water partition coefficient (Wildman–Crippen LogP) is 2.14. The van der Waals surface area contributed by atoms with Gasteiger partial charge < -0.3 is 5.32 Å². The van der Waals surface area contributed by atoms with E-state index >= 15 is 0 Å². The number of alkyl halides is 2. The highest BCUT2D eigenvalue weighted by Crippen LogP contribution is 2.26. The second kappa shape index (κ2) is 5.40. The molecule has 0 radical (unpaired) electrons. The summed E-state index contributed by atoms with van der Waals surface area (Å²) in [5, 5.41) is 4.85. The van der Waals surface area contributed by atoms with Gasteiger partial charge in [0.15, 0.2) is 0 Å². The van der Waals surface area contributed by atoms with Gasteiger partial charge in [0.2, 0.25) is 5.91 Å². The van der Waals surface area contributed by atoms with E-state index in [1.807, 2.05) is 0 Å². The van der Waals surface area contributed by atoms with Gasteiger partial charge in [0.05, 0.1) is 18.6 Å². The number of benzene rings is 1. The van der Waals surface area contributed by atoms with E-state index in [4.69, 9.17) is 0 Å². The lowest BCUT2D eigenvalue weighted by Gasteiger charge is -2.18. The first-order chi connectivity index (χ1) is 9.28. The lowest BCUT2D eigenvalue weighted by atomic mass is 10.1. The lowest BCUT2D eigenvalue weighted by Crippen LogP contribution is -2.41. The Balaban J connectivity index is 2.01. The maximum absolute atomic E-state index is 13.5. The van der Waals surface area contributed by atoms with Crippen molar-refractivity contribution in [3.8, 4) is 0 Å². The van der Waals surface area contributed by atoms with E-state index in [0.717, 1.165) is 6.07 Å². The molecular weight excluding hydrogens is 276 g/mol. The van der Waals surface area contributed by atoms with E-state index in [2.05, 4.69) is 10.6 Å². The van der Waals surface area contributed by atoms with E-state index in [0.29, 0.717) is 6.07 Å². The average Bonchev–Trinajstić information content (AvgIpc) is 2.69. The van der Waals surface area contributed by atoms with Crippen molar-refractivity contribution in [2.24, 2.45) is 0 Å². The third-order valence-electron chi connectivity index (χ3n) is 3.21. The fraction of sp³-hybridized carbons (Fsp3) is 0.462. The van der Waals surface area contributed by atoms with Crippen molar-refractivity contribution in [3.63, 3.8) is 0 Å². The topological polar surface area (TPSA) is 41.1 Å². The van der Waals surface area contributed by atoms with E-state index < -0.39 is 48.5 Å². The first-order valence-electron chi connectivity index (χ1n) is 6.15. The minimum absolute atomic E-state index is 0.101. The smallest absolute Gasteiger partial charge is 0.262 e. The number of hydrogen-bond acceptors (Lipinski definition) is 2. The van der Waals surface area contributed by atoms with E-state index in [9.17, 15) is 22.4 Å². The van der Waals surface area contributed by atoms with Crippen molar-refractivity contribution in [3.05, 3.63) is 35.4 Å². The standard InChI is InChI=1S/C13H14F4N2O/c1-7(9-3-2-8(14)4-10(9)15)19-12(20)11-5-13(16,17)6-18-11/h2-4,7,11,18H,5-6H2,1H3,(H,19,20). The van der Waals surface area contributed by atoms with Gasteiger partial charge in [-0.05, 0) is 13.0 Å². The van der Waals surface area contributed by atoms with Gasteiger partial charge in [-0.25, -0.2) is 17.6 Å². The molecule has 1 aliphatic rings. The molecule has 7 heteroatoms. The Morgan fingerprint density at radius 3 is 2.70 bits per heavy atom. The maximum Gasteiger partial charge on any atom is 0.262 e. The van der Waals surface area contributed by atoms with Crippen LogP contribution in [0.4, 0.5) is 17.6 Å². The largest absolute Gasteiger partial charge is 0.348 e. The van der Waals surface area contributed by atoms with E-state index in [1.165, 1.54) is 13.0 Å². The summed E-state index contributed by atoms with van der Waals surface area (Å²) in [5.41, 5.74) is 0.101. The zero-order valence-electron chi connectivity index (χ0n) is 10.7. The molecule has 2 unspecified atom stereocenters. The summed E-state index contributed by atoms with van der Waals surface area (Å²) < 4.78 is 52.3. The van der Waals surface area contributed by atoms with Crippen molar-refractivity contribution in [1.82, 2.24) is 10.6 Å². The molecule has 0 spiro atoms. The summed E-state index contributed by atoms with van der Waals surface area (Å²) in [6.07, 6.45) is -0.586. The molecule has 0 saturated carbocycles. The van der Waals surface area contributed by atoms with Crippen LogP contribution in [0.3, 0.4) is 0 Å². The maximum atomic E-state index is 13.5. The molecule has 1 aliphatic heterocycles. The monoisotopic (exact) mass is 290 g/mol. The minimum Gasteiger partial charge on any atom is -0.348 e. The fourth-order valence-electron chi connectivity index (χ4n) is 2.15. The van der Waals surface area contributed by atoms with Crippen LogP contribution < -0.4 is 10.6 Å². The normalized spacial score (nSPS) is 22.6. The summed E-state index contributed by atoms with van der Waals surface area (Å²) in [4.78, 5) is 11.8. The third-order valence-corrected chi connectivity index (χ3v) is 3.21. The van der Waals surface area contributed by atoms with Gasteiger partial charge in [0.25, 0.3) is 5.92 Å². The fourth-order valence-corrected chi connectivity index (χ4v) is 2.15. The second-order valence-corrected chi connectivity index (χ2v) is 4.89. The summed E-state index contributed by atoms with van der Waals surface area (Å²) in [5.74, 6) is -5.05. The Morgan fingerprint density at radius 2 is 2.15 bits per heavy atom. The third kappa shape index (κ3) is 3.27. The van der Waals surface area contributed by atoms with Gasteiger partial charge >= 0.3 is 0 Å². The van der Waals surface area contributed by atoms with Gasteiger partial charge in [0, 0.05) is 18.1 Å².